The van der Waals surface area contributed by atoms with Crippen LogP contribution in [0.3, 0.4) is 0 Å². The summed E-state index contributed by atoms with van der Waals surface area (Å²) in [7, 11) is -2.52. The van der Waals surface area contributed by atoms with Gasteiger partial charge in [-0.2, -0.15) is 4.31 Å². The van der Waals surface area contributed by atoms with Gasteiger partial charge in [0, 0.05) is 31.1 Å². The Morgan fingerprint density at radius 1 is 1.23 bits per heavy atom. The summed E-state index contributed by atoms with van der Waals surface area (Å²) in [4.78, 5) is 21.8. The fourth-order valence-electron chi connectivity index (χ4n) is 3.01. The Morgan fingerprint density at radius 3 is 2.40 bits per heavy atom. The van der Waals surface area contributed by atoms with E-state index >= 15 is 0 Å². The summed E-state index contributed by atoms with van der Waals surface area (Å²) >= 11 is 0. The minimum Gasteiger partial charge on any atom is -0.497 e. The maximum atomic E-state index is 13.2. The number of aryl methyl sites for hydroxylation is 1. The molecule has 30 heavy (non-hydrogen) atoms. The number of nitro benzene ring substituents is 1. The Labute approximate surface area is 175 Å². The number of sulfonamides is 1. The number of carbonyl (C=O) groups is 1. The third-order valence-electron chi connectivity index (χ3n) is 4.56. The number of methoxy groups -OCH3 is 1. The molecule has 0 bridgehead atoms. The first-order valence-corrected chi connectivity index (χ1v) is 10.6. The van der Waals surface area contributed by atoms with E-state index in [-0.39, 0.29) is 30.1 Å². The maximum absolute atomic E-state index is 13.2. The van der Waals surface area contributed by atoms with Crippen LogP contribution in [0.5, 0.6) is 5.75 Å². The number of hydrogen-bond acceptors (Lipinski definition) is 6. The first-order valence-electron chi connectivity index (χ1n) is 9.14. The standard InChI is InChI=1S/C20H24N2O7S/c1-14(10-20(23)24)12-21(13-16-5-4-15(2)19(11-16)22(25)26)30(27,28)18-8-6-17(29-3)7-9-18/h4-9,11,14H,10,12-13H2,1-3H3,(H,23,24). The van der Waals surface area contributed by atoms with Crippen molar-refractivity contribution in [3.63, 3.8) is 0 Å². The lowest BCUT2D eigenvalue weighted by Crippen LogP contribution is -2.35. The molecular weight excluding hydrogens is 412 g/mol. The van der Waals surface area contributed by atoms with Gasteiger partial charge in [-0.15, -0.1) is 0 Å². The lowest BCUT2D eigenvalue weighted by atomic mass is 10.1. The SMILES string of the molecule is COc1ccc(S(=O)(=O)N(Cc2ccc(C)c([N+](=O)[O-])c2)CC(C)CC(=O)O)cc1. The van der Waals surface area contributed by atoms with E-state index < -0.39 is 26.8 Å². The van der Waals surface area contributed by atoms with E-state index in [9.17, 15) is 23.3 Å². The minimum atomic E-state index is -3.98. The molecule has 0 saturated carbocycles. The maximum Gasteiger partial charge on any atom is 0.303 e. The quantitative estimate of drug-likeness (QED) is 0.447. The van der Waals surface area contributed by atoms with Crippen LogP contribution < -0.4 is 4.74 Å². The fourth-order valence-corrected chi connectivity index (χ4v) is 4.56. The van der Waals surface area contributed by atoms with Crippen LogP contribution in [-0.2, 0) is 21.4 Å². The summed E-state index contributed by atoms with van der Waals surface area (Å²) in [5, 5.41) is 20.3. The summed E-state index contributed by atoms with van der Waals surface area (Å²) in [6.45, 7) is 3.06. The lowest BCUT2D eigenvalue weighted by molar-refractivity contribution is -0.385. The van der Waals surface area contributed by atoms with Crippen molar-refractivity contribution in [1.82, 2.24) is 4.31 Å². The molecular formula is C20H24N2O7S. The molecule has 1 N–H and O–H groups in total. The second-order valence-corrected chi connectivity index (χ2v) is 8.99. The van der Waals surface area contributed by atoms with Gasteiger partial charge in [0.25, 0.3) is 5.69 Å². The molecule has 2 aromatic rings. The molecule has 2 aromatic carbocycles. The van der Waals surface area contributed by atoms with Crippen molar-refractivity contribution in [3.8, 4) is 5.75 Å². The number of nitro groups is 1. The van der Waals surface area contributed by atoms with E-state index in [0.29, 0.717) is 16.9 Å². The summed E-state index contributed by atoms with van der Waals surface area (Å²) in [5.41, 5.74) is 0.798. The van der Waals surface area contributed by atoms with Gasteiger partial charge in [-0.3, -0.25) is 14.9 Å². The van der Waals surface area contributed by atoms with E-state index in [4.69, 9.17) is 9.84 Å². The number of benzene rings is 2. The number of carboxylic acids is 1. The third-order valence-corrected chi connectivity index (χ3v) is 6.39. The van der Waals surface area contributed by atoms with Crippen molar-refractivity contribution in [2.45, 2.75) is 31.7 Å². The zero-order chi connectivity index (χ0) is 22.5. The second kappa shape index (κ2) is 9.68. The topological polar surface area (TPSA) is 127 Å². The van der Waals surface area contributed by atoms with E-state index in [0.717, 1.165) is 4.31 Å². The Kier molecular flexibility index (Phi) is 7.52. The summed E-state index contributed by atoms with van der Waals surface area (Å²) in [5.74, 6) is -1.000. The highest BCUT2D eigenvalue weighted by Gasteiger charge is 2.27. The normalized spacial score (nSPS) is 12.5. The van der Waals surface area contributed by atoms with Crippen LogP contribution in [-0.4, -0.2) is 42.4 Å². The van der Waals surface area contributed by atoms with E-state index in [1.165, 1.54) is 37.4 Å². The Balaban J connectivity index is 2.42. The number of rotatable bonds is 10. The van der Waals surface area contributed by atoms with Gasteiger partial charge in [0.15, 0.2) is 0 Å². The van der Waals surface area contributed by atoms with Crippen molar-refractivity contribution < 1.29 is 28.0 Å². The van der Waals surface area contributed by atoms with Crippen LogP contribution in [0, 0.1) is 23.0 Å². The van der Waals surface area contributed by atoms with Gasteiger partial charge in [-0.25, -0.2) is 8.42 Å². The average Bonchev–Trinajstić information content (AvgIpc) is 2.68. The van der Waals surface area contributed by atoms with Gasteiger partial charge in [0.2, 0.25) is 10.0 Å². The molecule has 10 heteroatoms. The van der Waals surface area contributed by atoms with Crippen LogP contribution in [0.15, 0.2) is 47.4 Å². The number of carboxylic acid groups (broad SMARTS) is 1. The minimum absolute atomic E-state index is 0.0208. The molecule has 1 atom stereocenters. The summed E-state index contributed by atoms with van der Waals surface area (Å²) in [6.07, 6.45) is -0.206. The second-order valence-electron chi connectivity index (χ2n) is 7.05. The number of aliphatic carboxylic acids is 1. The smallest absolute Gasteiger partial charge is 0.303 e. The van der Waals surface area contributed by atoms with Crippen LogP contribution in [0.25, 0.3) is 0 Å². The summed E-state index contributed by atoms with van der Waals surface area (Å²) in [6, 6.07) is 10.4. The van der Waals surface area contributed by atoms with Gasteiger partial charge in [-0.05, 0) is 42.7 Å². The van der Waals surface area contributed by atoms with E-state index in [1.807, 2.05) is 0 Å². The molecule has 0 aliphatic rings. The van der Waals surface area contributed by atoms with Gasteiger partial charge in [0.05, 0.1) is 16.9 Å². The van der Waals surface area contributed by atoms with Crippen LogP contribution in [0.1, 0.15) is 24.5 Å². The molecule has 0 heterocycles. The van der Waals surface area contributed by atoms with Crippen molar-refractivity contribution >= 4 is 21.7 Å². The zero-order valence-corrected chi connectivity index (χ0v) is 17.8. The zero-order valence-electron chi connectivity index (χ0n) is 16.9. The Hall–Kier alpha value is -2.98. The Morgan fingerprint density at radius 2 is 1.87 bits per heavy atom. The molecule has 0 aliphatic carbocycles. The van der Waals surface area contributed by atoms with Crippen molar-refractivity contribution in [2.75, 3.05) is 13.7 Å². The number of nitrogens with zero attached hydrogens (tertiary/aromatic N) is 2. The molecule has 0 aromatic heterocycles. The molecule has 9 nitrogen and oxygen atoms in total. The van der Waals surface area contributed by atoms with Crippen molar-refractivity contribution in [1.29, 1.82) is 0 Å². The highest BCUT2D eigenvalue weighted by molar-refractivity contribution is 7.89. The molecule has 2 rings (SSSR count). The van der Waals surface area contributed by atoms with Crippen molar-refractivity contribution in [2.24, 2.45) is 5.92 Å². The highest BCUT2D eigenvalue weighted by Crippen LogP contribution is 2.25. The molecule has 0 radical (unpaired) electrons. The van der Waals surface area contributed by atoms with E-state index in [2.05, 4.69) is 0 Å². The van der Waals surface area contributed by atoms with Crippen molar-refractivity contribution in [3.05, 3.63) is 63.7 Å². The molecule has 0 aliphatic heterocycles. The average molecular weight is 436 g/mol. The molecule has 0 amide bonds. The fraction of sp³-hybridized carbons (Fsp3) is 0.350. The summed E-state index contributed by atoms with van der Waals surface area (Å²) < 4.78 is 32.7. The monoisotopic (exact) mass is 436 g/mol. The van der Waals surface area contributed by atoms with Gasteiger partial charge in [-0.1, -0.05) is 19.1 Å². The highest BCUT2D eigenvalue weighted by atomic mass is 32.2. The predicted molar refractivity (Wildman–Crippen MR) is 110 cm³/mol. The molecule has 0 fully saturated rings. The molecule has 162 valence electrons. The molecule has 0 spiro atoms. The molecule has 0 saturated heterocycles. The first-order chi connectivity index (χ1) is 14.0. The Bertz CT molecular complexity index is 1020. The third kappa shape index (κ3) is 5.77. The van der Waals surface area contributed by atoms with Gasteiger partial charge >= 0.3 is 5.97 Å². The predicted octanol–water partition coefficient (Wildman–Crippen LogP) is 3.21. The van der Waals surface area contributed by atoms with E-state index in [1.54, 1.807) is 26.0 Å². The first kappa shape index (κ1) is 23.3. The largest absolute Gasteiger partial charge is 0.497 e. The number of hydrogen-bond donors (Lipinski definition) is 1. The van der Waals surface area contributed by atoms with Gasteiger partial charge in [0.1, 0.15) is 5.75 Å². The lowest BCUT2D eigenvalue weighted by Gasteiger charge is -2.25. The van der Waals surface area contributed by atoms with Crippen LogP contribution in [0.4, 0.5) is 5.69 Å². The van der Waals surface area contributed by atoms with Gasteiger partial charge < -0.3 is 9.84 Å². The van der Waals surface area contributed by atoms with Crippen LogP contribution >= 0.6 is 0 Å². The molecule has 1 unspecified atom stereocenters. The van der Waals surface area contributed by atoms with Crippen LogP contribution in [0.2, 0.25) is 0 Å². The number of ether oxygens (including phenoxy) is 1.